The molecule has 0 bridgehead atoms. The van der Waals surface area contributed by atoms with E-state index in [1.54, 1.807) is 0 Å². The first-order valence-corrected chi connectivity index (χ1v) is 6.88. The minimum Gasteiger partial charge on any atom is -0.337 e. The number of nitrogens with zero attached hydrogens (tertiary/aromatic N) is 3. The van der Waals surface area contributed by atoms with Crippen molar-refractivity contribution in [3.63, 3.8) is 0 Å². The molecule has 1 aliphatic rings. The molecule has 0 amide bonds. The number of rotatable bonds is 4. The van der Waals surface area contributed by atoms with E-state index in [0.29, 0.717) is 12.1 Å². The third-order valence-corrected chi connectivity index (χ3v) is 3.37. The quantitative estimate of drug-likeness (QED) is 0.885. The summed E-state index contributed by atoms with van der Waals surface area (Å²) in [5.74, 6) is 0.903. The summed E-state index contributed by atoms with van der Waals surface area (Å²) in [6, 6.07) is 3.10. The van der Waals surface area contributed by atoms with E-state index in [4.69, 9.17) is 0 Å². The molecule has 0 radical (unpaired) electrons. The van der Waals surface area contributed by atoms with Crippen molar-refractivity contribution in [3.05, 3.63) is 17.5 Å². The highest BCUT2D eigenvalue weighted by Crippen LogP contribution is 2.22. The van der Waals surface area contributed by atoms with Gasteiger partial charge in [-0.25, -0.2) is 9.97 Å². The van der Waals surface area contributed by atoms with Crippen molar-refractivity contribution < 1.29 is 0 Å². The van der Waals surface area contributed by atoms with E-state index in [1.165, 1.54) is 12.8 Å². The van der Waals surface area contributed by atoms with Gasteiger partial charge in [0.1, 0.15) is 0 Å². The molecule has 2 rings (SSSR count). The molecular formula is C14H24N4. The van der Waals surface area contributed by atoms with Crippen LogP contribution in [0.1, 0.15) is 38.1 Å². The zero-order chi connectivity index (χ0) is 13.1. The van der Waals surface area contributed by atoms with Crippen LogP contribution < -0.4 is 10.2 Å². The van der Waals surface area contributed by atoms with Gasteiger partial charge < -0.3 is 10.2 Å². The maximum atomic E-state index is 4.58. The third kappa shape index (κ3) is 3.19. The Morgan fingerprint density at radius 1 is 1.33 bits per heavy atom. The number of hydrogen-bond donors (Lipinski definition) is 1. The Kier molecular flexibility index (Phi) is 4.17. The molecule has 2 heterocycles. The monoisotopic (exact) mass is 248 g/mol. The summed E-state index contributed by atoms with van der Waals surface area (Å²) in [5, 5.41) is 3.52. The molecule has 1 aromatic rings. The molecule has 4 heteroatoms. The molecule has 1 atom stereocenters. The topological polar surface area (TPSA) is 41.1 Å². The highest BCUT2D eigenvalue weighted by molar-refractivity contribution is 5.35. The van der Waals surface area contributed by atoms with Gasteiger partial charge >= 0.3 is 0 Å². The number of aryl methyl sites for hydroxylation is 2. The Bertz CT molecular complexity index is 383. The molecule has 100 valence electrons. The maximum Gasteiger partial charge on any atom is 0.226 e. The maximum absolute atomic E-state index is 4.58. The lowest BCUT2D eigenvalue weighted by molar-refractivity contribution is 0.520. The molecule has 1 saturated heterocycles. The summed E-state index contributed by atoms with van der Waals surface area (Å²) in [7, 11) is 0. The molecular weight excluding hydrogens is 224 g/mol. The van der Waals surface area contributed by atoms with Crippen LogP contribution >= 0.6 is 0 Å². The second kappa shape index (κ2) is 5.65. The van der Waals surface area contributed by atoms with Crippen LogP contribution in [-0.2, 0) is 0 Å². The lowest BCUT2D eigenvalue weighted by Gasteiger charge is -2.26. The fourth-order valence-electron chi connectivity index (χ4n) is 2.52. The molecule has 0 spiro atoms. The van der Waals surface area contributed by atoms with Gasteiger partial charge in [0.15, 0.2) is 0 Å². The van der Waals surface area contributed by atoms with Crippen LogP contribution in [-0.4, -0.2) is 35.1 Å². The van der Waals surface area contributed by atoms with Gasteiger partial charge in [0, 0.05) is 36.6 Å². The van der Waals surface area contributed by atoms with Crippen LogP contribution in [0.4, 0.5) is 5.95 Å². The Morgan fingerprint density at radius 3 is 2.61 bits per heavy atom. The minimum absolute atomic E-state index is 0.535. The molecule has 1 fully saturated rings. The van der Waals surface area contributed by atoms with Crippen molar-refractivity contribution in [1.29, 1.82) is 0 Å². The summed E-state index contributed by atoms with van der Waals surface area (Å²) in [6.07, 6.45) is 2.47. The average Bonchev–Trinajstić information content (AvgIpc) is 2.72. The van der Waals surface area contributed by atoms with Crippen molar-refractivity contribution in [2.75, 3.05) is 18.0 Å². The molecule has 1 aromatic heterocycles. The Morgan fingerprint density at radius 2 is 2.00 bits per heavy atom. The second-order valence-electron chi connectivity index (χ2n) is 5.50. The zero-order valence-electron chi connectivity index (χ0n) is 11.9. The van der Waals surface area contributed by atoms with Gasteiger partial charge in [0.25, 0.3) is 0 Å². The number of hydrogen-bond acceptors (Lipinski definition) is 4. The highest BCUT2D eigenvalue weighted by atomic mass is 15.3. The van der Waals surface area contributed by atoms with Crippen molar-refractivity contribution >= 4 is 5.95 Å². The Hall–Kier alpha value is -1.16. The first-order valence-electron chi connectivity index (χ1n) is 6.88. The summed E-state index contributed by atoms with van der Waals surface area (Å²) < 4.78 is 0. The van der Waals surface area contributed by atoms with E-state index in [9.17, 15) is 0 Å². The van der Waals surface area contributed by atoms with E-state index in [0.717, 1.165) is 30.4 Å². The van der Waals surface area contributed by atoms with Crippen LogP contribution in [0.15, 0.2) is 6.07 Å². The van der Waals surface area contributed by atoms with Crippen LogP contribution in [0.3, 0.4) is 0 Å². The summed E-state index contributed by atoms with van der Waals surface area (Å²) >= 11 is 0. The minimum atomic E-state index is 0.535. The van der Waals surface area contributed by atoms with Crippen LogP contribution in [0.5, 0.6) is 0 Å². The van der Waals surface area contributed by atoms with E-state index in [1.807, 2.05) is 19.9 Å². The molecule has 18 heavy (non-hydrogen) atoms. The Labute approximate surface area is 110 Å². The van der Waals surface area contributed by atoms with Crippen molar-refractivity contribution in [1.82, 2.24) is 15.3 Å². The first kappa shape index (κ1) is 13.3. The van der Waals surface area contributed by atoms with Gasteiger partial charge in [-0.2, -0.15) is 0 Å². The summed E-state index contributed by atoms with van der Waals surface area (Å²) in [5.41, 5.74) is 2.11. The van der Waals surface area contributed by atoms with E-state index in [2.05, 4.69) is 34.0 Å². The standard InChI is InChI=1S/C14H24N4/c1-10(2)15-9-13-6-5-7-18(13)14-16-11(3)8-12(4)17-14/h8,10,13,15H,5-7,9H2,1-4H3. The van der Waals surface area contributed by atoms with Crippen LogP contribution in [0.25, 0.3) is 0 Å². The zero-order valence-corrected chi connectivity index (χ0v) is 11.9. The summed E-state index contributed by atoms with van der Waals surface area (Å²) in [6.45, 7) is 10.5. The predicted octanol–water partition coefficient (Wildman–Crippen LogP) is 2.06. The number of aromatic nitrogens is 2. The van der Waals surface area contributed by atoms with Gasteiger partial charge in [-0.05, 0) is 32.8 Å². The van der Waals surface area contributed by atoms with Gasteiger partial charge in [-0.3, -0.25) is 0 Å². The lowest BCUT2D eigenvalue weighted by atomic mass is 10.2. The van der Waals surface area contributed by atoms with Crippen LogP contribution in [0, 0.1) is 13.8 Å². The van der Waals surface area contributed by atoms with Crippen LogP contribution in [0.2, 0.25) is 0 Å². The van der Waals surface area contributed by atoms with Crippen molar-refractivity contribution in [2.24, 2.45) is 0 Å². The van der Waals surface area contributed by atoms with Gasteiger partial charge in [-0.15, -0.1) is 0 Å². The fourth-order valence-corrected chi connectivity index (χ4v) is 2.52. The molecule has 0 saturated carbocycles. The molecule has 1 aliphatic heterocycles. The van der Waals surface area contributed by atoms with Crippen molar-refractivity contribution in [3.8, 4) is 0 Å². The third-order valence-electron chi connectivity index (χ3n) is 3.37. The second-order valence-corrected chi connectivity index (χ2v) is 5.50. The molecule has 4 nitrogen and oxygen atoms in total. The SMILES string of the molecule is Cc1cc(C)nc(N2CCCC2CNC(C)C)n1. The molecule has 0 aromatic carbocycles. The van der Waals surface area contributed by atoms with E-state index in [-0.39, 0.29) is 0 Å². The largest absolute Gasteiger partial charge is 0.337 e. The van der Waals surface area contributed by atoms with Gasteiger partial charge in [-0.1, -0.05) is 13.8 Å². The average molecular weight is 248 g/mol. The molecule has 1 N–H and O–H groups in total. The summed E-state index contributed by atoms with van der Waals surface area (Å²) in [4.78, 5) is 11.5. The fraction of sp³-hybridized carbons (Fsp3) is 0.714. The first-order chi connectivity index (χ1) is 8.56. The molecule has 0 aliphatic carbocycles. The highest BCUT2D eigenvalue weighted by Gasteiger charge is 2.26. The van der Waals surface area contributed by atoms with Gasteiger partial charge in [0.05, 0.1) is 0 Å². The Balaban J connectivity index is 2.10. The molecule has 1 unspecified atom stereocenters. The predicted molar refractivity (Wildman–Crippen MR) is 75.0 cm³/mol. The smallest absolute Gasteiger partial charge is 0.226 e. The van der Waals surface area contributed by atoms with Gasteiger partial charge in [0.2, 0.25) is 5.95 Å². The van der Waals surface area contributed by atoms with E-state index >= 15 is 0 Å². The lowest BCUT2D eigenvalue weighted by Crippen LogP contribution is -2.41. The number of anilines is 1. The van der Waals surface area contributed by atoms with E-state index < -0.39 is 0 Å². The van der Waals surface area contributed by atoms with Crippen molar-refractivity contribution in [2.45, 2.75) is 52.6 Å². The number of nitrogens with one attached hydrogen (secondary N) is 1. The normalized spacial score (nSPS) is 19.8.